The van der Waals surface area contributed by atoms with Gasteiger partial charge in [-0.25, -0.2) is 4.98 Å². The van der Waals surface area contributed by atoms with E-state index in [9.17, 15) is 0 Å². The van der Waals surface area contributed by atoms with E-state index in [4.69, 9.17) is 23.2 Å². The van der Waals surface area contributed by atoms with E-state index in [0.29, 0.717) is 11.1 Å². The Kier molecular flexibility index (Phi) is 2.95. The summed E-state index contributed by atoms with van der Waals surface area (Å²) in [4.78, 5) is 4.27. The van der Waals surface area contributed by atoms with Crippen molar-refractivity contribution in [2.24, 2.45) is 0 Å². The fourth-order valence-corrected chi connectivity index (χ4v) is 2.93. The highest BCUT2D eigenvalue weighted by Gasteiger charge is 2.20. The fraction of sp³-hybridized carbons (Fsp3) is 0.308. The van der Waals surface area contributed by atoms with E-state index in [1.807, 2.05) is 12.1 Å². The van der Waals surface area contributed by atoms with Crippen molar-refractivity contribution in [1.82, 2.24) is 10.3 Å². The van der Waals surface area contributed by atoms with Gasteiger partial charge in [0, 0.05) is 11.9 Å². The van der Waals surface area contributed by atoms with Crippen molar-refractivity contribution in [3.05, 3.63) is 40.0 Å². The molecule has 0 aliphatic carbocycles. The van der Waals surface area contributed by atoms with E-state index in [1.165, 1.54) is 5.56 Å². The summed E-state index contributed by atoms with van der Waals surface area (Å²) in [6.07, 6.45) is 1.15. The zero-order valence-corrected chi connectivity index (χ0v) is 10.7. The lowest BCUT2D eigenvalue weighted by atomic mass is 9.96. The fourth-order valence-electron chi connectivity index (χ4n) is 2.40. The Morgan fingerprint density at radius 3 is 2.82 bits per heavy atom. The molecule has 1 N–H and O–H groups in total. The first-order valence-corrected chi connectivity index (χ1v) is 6.46. The molecule has 0 bridgehead atoms. The maximum atomic E-state index is 6.46. The quantitative estimate of drug-likeness (QED) is 0.798. The minimum Gasteiger partial charge on any atom is -0.316 e. The van der Waals surface area contributed by atoms with Gasteiger partial charge < -0.3 is 5.32 Å². The molecule has 17 heavy (non-hydrogen) atoms. The highest BCUT2D eigenvalue weighted by atomic mass is 35.5. The molecule has 1 aliphatic rings. The van der Waals surface area contributed by atoms with Crippen molar-refractivity contribution in [1.29, 1.82) is 0 Å². The molecule has 1 aromatic heterocycles. The lowest BCUT2D eigenvalue weighted by Crippen LogP contribution is -2.08. The van der Waals surface area contributed by atoms with Crippen LogP contribution in [0.15, 0.2) is 24.3 Å². The van der Waals surface area contributed by atoms with Gasteiger partial charge in [-0.05, 0) is 42.6 Å². The molecule has 1 atom stereocenters. The highest BCUT2D eigenvalue weighted by molar-refractivity contribution is 6.36. The zero-order chi connectivity index (χ0) is 11.8. The van der Waals surface area contributed by atoms with Gasteiger partial charge in [0.1, 0.15) is 5.15 Å². The van der Waals surface area contributed by atoms with Crippen molar-refractivity contribution in [2.45, 2.75) is 12.3 Å². The van der Waals surface area contributed by atoms with Gasteiger partial charge in [-0.15, -0.1) is 0 Å². The van der Waals surface area contributed by atoms with Gasteiger partial charge in [-0.3, -0.25) is 0 Å². The number of hydrogen-bond donors (Lipinski definition) is 1. The van der Waals surface area contributed by atoms with Gasteiger partial charge in [-0.1, -0.05) is 29.3 Å². The molecular weight excluding hydrogens is 255 g/mol. The summed E-state index contributed by atoms with van der Waals surface area (Å²) in [5.41, 5.74) is 2.07. The third kappa shape index (κ3) is 2.01. The first-order chi connectivity index (χ1) is 8.25. The minimum atomic E-state index is 0.504. The summed E-state index contributed by atoms with van der Waals surface area (Å²) < 4.78 is 0. The Morgan fingerprint density at radius 1 is 1.18 bits per heavy atom. The second-order valence-electron chi connectivity index (χ2n) is 4.36. The summed E-state index contributed by atoms with van der Waals surface area (Å²) in [5, 5.41) is 5.67. The van der Waals surface area contributed by atoms with E-state index in [2.05, 4.69) is 16.4 Å². The molecule has 1 fully saturated rings. The number of nitrogens with one attached hydrogen (secondary N) is 1. The predicted octanol–water partition coefficient (Wildman–Crippen LogP) is 3.62. The van der Waals surface area contributed by atoms with Gasteiger partial charge in [0.2, 0.25) is 0 Å². The monoisotopic (exact) mass is 266 g/mol. The first kappa shape index (κ1) is 11.3. The molecule has 2 aromatic rings. The molecule has 3 rings (SSSR count). The summed E-state index contributed by atoms with van der Waals surface area (Å²) >= 11 is 12.3. The van der Waals surface area contributed by atoms with Crippen molar-refractivity contribution >= 4 is 34.1 Å². The molecule has 88 valence electrons. The minimum absolute atomic E-state index is 0.504. The van der Waals surface area contributed by atoms with Crippen molar-refractivity contribution < 1.29 is 0 Å². The third-order valence-corrected chi connectivity index (χ3v) is 3.93. The summed E-state index contributed by atoms with van der Waals surface area (Å²) in [7, 11) is 0. The molecule has 0 spiro atoms. The number of halogens is 2. The molecule has 1 saturated heterocycles. The van der Waals surface area contributed by atoms with Crippen LogP contribution < -0.4 is 5.32 Å². The number of pyridine rings is 1. The Hall–Kier alpha value is -0.830. The number of benzene rings is 1. The normalized spacial score (nSPS) is 20.0. The SMILES string of the molecule is Clc1ccc2c(Cl)c(C3CCNC3)ccc2n1. The first-order valence-electron chi connectivity index (χ1n) is 5.71. The van der Waals surface area contributed by atoms with Gasteiger partial charge in [0.15, 0.2) is 0 Å². The third-order valence-electron chi connectivity index (χ3n) is 3.30. The van der Waals surface area contributed by atoms with Crippen LogP contribution in [0.1, 0.15) is 17.9 Å². The summed E-state index contributed by atoms with van der Waals surface area (Å²) in [6, 6.07) is 7.80. The molecule has 1 unspecified atom stereocenters. The van der Waals surface area contributed by atoms with Gasteiger partial charge in [-0.2, -0.15) is 0 Å². The van der Waals surface area contributed by atoms with Crippen LogP contribution in [-0.4, -0.2) is 18.1 Å². The number of fused-ring (bicyclic) bond motifs is 1. The van der Waals surface area contributed by atoms with Crippen LogP contribution in [-0.2, 0) is 0 Å². The van der Waals surface area contributed by atoms with Gasteiger partial charge in [0.05, 0.1) is 10.5 Å². The highest BCUT2D eigenvalue weighted by Crippen LogP contribution is 2.34. The second-order valence-corrected chi connectivity index (χ2v) is 5.12. The second kappa shape index (κ2) is 4.45. The average molecular weight is 267 g/mol. The van der Waals surface area contributed by atoms with Crippen LogP contribution >= 0.6 is 23.2 Å². The predicted molar refractivity (Wildman–Crippen MR) is 72.0 cm³/mol. The molecule has 0 radical (unpaired) electrons. The molecule has 0 amide bonds. The molecular formula is C13H12Cl2N2. The number of nitrogens with zero attached hydrogens (tertiary/aromatic N) is 1. The van der Waals surface area contributed by atoms with Crippen LogP contribution in [0, 0.1) is 0 Å². The molecule has 1 aliphatic heterocycles. The number of aromatic nitrogens is 1. The van der Waals surface area contributed by atoms with E-state index < -0.39 is 0 Å². The molecule has 4 heteroatoms. The van der Waals surface area contributed by atoms with Crippen molar-refractivity contribution in [3.63, 3.8) is 0 Å². The topological polar surface area (TPSA) is 24.9 Å². The smallest absolute Gasteiger partial charge is 0.129 e. The molecule has 2 nitrogen and oxygen atoms in total. The average Bonchev–Trinajstić information content (AvgIpc) is 2.82. The van der Waals surface area contributed by atoms with Crippen LogP contribution in [0.2, 0.25) is 10.2 Å². The molecule has 1 aromatic carbocycles. The van der Waals surface area contributed by atoms with Gasteiger partial charge in [0.25, 0.3) is 0 Å². The molecule has 2 heterocycles. The Labute approximate surface area is 110 Å². The Balaban J connectivity index is 2.15. The van der Waals surface area contributed by atoms with Crippen LogP contribution in [0.3, 0.4) is 0 Å². The maximum Gasteiger partial charge on any atom is 0.129 e. The lowest BCUT2D eigenvalue weighted by molar-refractivity contribution is 0.765. The maximum absolute atomic E-state index is 6.46. The number of hydrogen-bond acceptors (Lipinski definition) is 2. The van der Waals surface area contributed by atoms with E-state index in [0.717, 1.165) is 35.4 Å². The summed E-state index contributed by atoms with van der Waals surface area (Å²) in [6.45, 7) is 2.07. The van der Waals surface area contributed by atoms with Crippen LogP contribution in [0.4, 0.5) is 0 Å². The van der Waals surface area contributed by atoms with Crippen molar-refractivity contribution in [3.8, 4) is 0 Å². The summed E-state index contributed by atoms with van der Waals surface area (Å²) in [5.74, 6) is 0.516. The number of rotatable bonds is 1. The molecule has 0 saturated carbocycles. The van der Waals surface area contributed by atoms with Gasteiger partial charge >= 0.3 is 0 Å². The van der Waals surface area contributed by atoms with Crippen LogP contribution in [0.25, 0.3) is 10.9 Å². The van der Waals surface area contributed by atoms with Crippen molar-refractivity contribution in [2.75, 3.05) is 13.1 Å². The zero-order valence-electron chi connectivity index (χ0n) is 9.21. The Bertz CT molecular complexity index is 563. The van der Waals surface area contributed by atoms with E-state index >= 15 is 0 Å². The Morgan fingerprint density at radius 2 is 2.06 bits per heavy atom. The van der Waals surface area contributed by atoms with E-state index in [-0.39, 0.29) is 0 Å². The largest absolute Gasteiger partial charge is 0.316 e. The lowest BCUT2D eigenvalue weighted by Gasteiger charge is -2.12. The van der Waals surface area contributed by atoms with E-state index in [1.54, 1.807) is 6.07 Å². The standard InChI is InChI=1S/C13H12Cl2N2/c14-12-4-2-10-11(17-12)3-1-9(13(10)15)8-5-6-16-7-8/h1-4,8,16H,5-7H2. The van der Waals surface area contributed by atoms with Crippen LogP contribution in [0.5, 0.6) is 0 Å².